The van der Waals surface area contributed by atoms with E-state index < -0.39 is 5.91 Å². The topological polar surface area (TPSA) is 108 Å². The number of carbonyl (C=O) groups excluding carboxylic acids is 1. The van der Waals surface area contributed by atoms with Gasteiger partial charge in [0.2, 0.25) is 5.91 Å². The first-order chi connectivity index (χ1) is 12.1. The SMILES string of the molecule is NC(=O)c1ccc(O)c(N=Nc2ccccc2O)c1-c1ccccc1.[Na]. The molecule has 0 aliphatic carbocycles. The summed E-state index contributed by atoms with van der Waals surface area (Å²) >= 11 is 0. The number of nitrogens with zero attached hydrogens (tertiary/aromatic N) is 2. The first-order valence-corrected chi connectivity index (χ1v) is 7.49. The Balaban J connectivity index is 0.00000243. The fraction of sp³-hybridized carbons (Fsp3) is 0. The van der Waals surface area contributed by atoms with E-state index in [4.69, 9.17) is 5.73 Å². The van der Waals surface area contributed by atoms with Crippen molar-refractivity contribution in [3.8, 4) is 22.6 Å². The van der Waals surface area contributed by atoms with Crippen molar-refractivity contribution in [1.29, 1.82) is 0 Å². The van der Waals surface area contributed by atoms with Crippen LogP contribution in [0.15, 0.2) is 77.0 Å². The van der Waals surface area contributed by atoms with Gasteiger partial charge in [0.25, 0.3) is 0 Å². The molecular weight excluding hydrogens is 341 g/mol. The van der Waals surface area contributed by atoms with Crippen molar-refractivity contribution in [2.24, 2.45) is 16.0 Å². The first kappa shape index (κ1) is 19.7. The van der Waals surface area contributed by atoms with Crippen LogP contribution in [0.25, 0.3) is 11.1 Å². The standard InChI is InChI=1S/C19H15N3O3.Na/c20-19(25)13-10-11-16(24)18(17(13)12-6-2-1-3-7-12)22-21-14-8-4-5-9-15(14)23;/h1-11,23-24H,(H2,20,25);. The molecule has 3 rings (SSSR count). The maximum Gasteiger partial charge on any atom is 0.249 e. The van der Waals surface area contributed by atoms with Crippen molar-refractivity contribution in [1.82, 2.24) is 0 Å². The van der Waals surface area contributed by atoms with E-state index >= 15 is 0 Å². The van der Waals surface area contributed by atoms with Crippen LogP contribution >= 0.6 is 0 Å². The van der Waals surface area contributed by atoms with Crippen LogP contribution < -0.4 is 5.73 Å². The number of amides is 1. The quantitative estimate of drug-likeness (QED) is 0.487. The second-order valence-electron chi connectivity index (χ2n) is 5.27. The summed E-state index contributed by atoms with van der Waals surface area (Å²) in [7, 11) is 0. The average Bonchev–Trinajstić information content (AvgIpc) is 2.62. The van der Waals surface area contributed by atoms with Crippen molar-refractivity contribution in [2.45, 2.75) is 0 Å². The van der Waals surface area contributed by atoms with Gasteiger partial charge in [-0.15, -0.1) is 10.2 Å². The predicted molar refractivity (Wildman–Crippen MR) is 100 cm³/mol. The van der Waals surface area contributed by atoms with Gasteiger partial charge in [-0.2, -0.15) is 0 Å². The molecule has 3 aromatic rings. The van der Waals surface area contributed by atoms with Crippen LogP contribution in [0.3, 0.4) is 0 Å². The van der Waals surface area contributed by atoms with E-state index in [1.807, 2.05) is 6.07 Å². The summed E-state index contributed by atoms with van der Waals surface area (Å²) in [6.07, 6.45) is 0. The molecule has 6 nitrogen and oxygen atoms in total. The third-order valence-electron chi connectivity index (χ3n) is 3.62. The summed E-state index contributed by atoms with van der Waals surface area (Å²) in [6, 6.07) is 18.2. The van der Waals surface area contributed by atoms with E-state index in [-0.39, 0.29) is 58.0 Å². The summed E-state index contributed by atoms with van der Waals surface area (Å²) in [5.41, 5.74) is 7.08. The molecule has 0 saturated carbocycles. The van der Waals surface area contributed by atoms with E-state index in [1.54, 1.807) is 42.5 Å². The molecule has 26 heavy (non-hydrogen) atoms. The molecular formula is C19H15N3NaO3. The van der Waals surface area contributed by atoms with Crippen LogP contribution in [-0.4, -0.2) is 45.7 Å². The fourth-order valence-corrected chi connectivity index (χ4v) is 2.44. The fourth-order valence-electron chi connectivity index (χ4n) is 2.44. The molecule has 3 aromatic carbocycles. The van der Waals surface area contributed by atoms with Gasteiger partial charge >= 0.3 is 0 Å². The molecule has 1 amide bonds. The third-order valence-corrected chi connectivity index (χ3v) is 3.62. The number of primary amides is 1. The van der Waals surface area contributed by atoms with Gasteiger partial charge in [-0.25, -0.2) is 0 Å². The van der Waals surface area contributed by atoms with Gasteiger partial charge in [-0.05, 0) is 29.8 Å². The van der Waals surface area contributed by atoms with E-state index in [1.165, 1.54) is 18.2 Å². The van der Waals surface area contributed by atoms with Gasteiger partial charge in [0.1, 0.15) is 22.9 Å². The minimum Gasteiger partial charge on any atom is -0.506 e. The largest absolute Gasteiger partial charge is 0.506 e. The zero-order chi connectivity index (χ0) is 17.8. The number of nitrogens with two attached hydrogens (primary N) is 1. The molecule has 0 atom stereocenters. The smallest absolute Gasteiger partial charge is 0.249 e. The van der Waals surface area contributed by atoms with Crippen molar-refractivity contribution < 1.29 is 15.0 Å². The number of hydrogen-bond acceptors (Lipinski definition) is 5. The Kier molecular flexibility index (Phi) is 6.52. The van der Waals surface area contributed by atoms with Crippen molar-refractivity contribution in [3.63, 3.8) is 0 Å². The van der Waals surface area contributed by atoms with E-state index in [0.29, 0.717) is 11.1 Å². The zero-order valence-electron chi connectivity index (χ0n) is 14.1. The Morgan fingerprint density at radius 1 is 0.808 bits per heavy atom. The van der Waals surface area contributed by atoms with Gasteiger partial charge in [-0.3, -0.25) is 4.79 Å². The van der Waals surface area contributed by atoms with Crippen molar-refractivity contribution in [3.05, 3.63) is 72.3 Å². The molecule has 125 valence electrons. The second kappa shape index (κ2) is 8.62. The number of rotatable bonds is 4. The number of phenols is 2. The summed E-state index contributed by atoms with van der Waals surface area (Å²) in [6.45, 7) is 0. The van der Waals surface area contributed by atoms with Gasteiger partial charge in [0.05, 0.1) is 0 Å². The first-order valence-electron chi connectivity index (χ1n) is 7.49. The Hall–Kier alpha value is -2.67. The number of carbonyl (C=O) groups is 1. The molecule has 0 heterocycles. The van der Waals surface area contributed by atoms with Gasteiger partial charge in [0.15, 0.2) is 0 Å². The molecule has 4 N–H and O–H groups in total. The van der Waals surface area contributed by atoms with Crippen LogP contribution in [0.5, 0.6) is 11.5 Å². The number of benzene rings is 3. The van der Waals surface area contributed by atoms with E-state index in [2.05, 4.69) is 10.2 Å². The minimum absolute atomic E-state index is 0. The van der Waals surface area contributed by atoms with Gasteiger partial charge in [0, 0.05) is 40.7 Å². The second-order valence-corrected chi connectivity index (χ2v) is 5.27. The number of aromatic hydroxyl groups is 2. The predicted octanol–water partition coefficient (Wildman–Crippen LogP) is 3.90. The molecule has 0 fully saturated rings. The van der Waals surface area contributed by atoms with E-state index in [9.17, 15) is 15.0 Å². The Morgan fingerprint density at radius 2 is 1.46 bits per heavy atom. The van der Waals surface area contributed by atoms with Crippen LogP contribution in [-0.2, 0) is 0 Å². The Bertz CT molecular complexity index is 959. The molecule has 7 heteroatoms. The number of phenolic OH excluding ortho intramolecular Hbond substituents is 2. The van der Waals surface area contributed by atoms with Crippen LogP contribution in [0.2, 0.25) is 0 Å². The summed E-state index contributed by atoms with van der Waals surface area (Å²) in [5, 5.41) is 28.1. The molecule has 0 unspecified atom stereocenters. The van der Waals surface area contributed by atoms with Crippen molar-refractivity contribution >= 4 is 46.8 Å². The maximum atomic E-state index is 11.8. The Labute approximate surface area is 172 Å². The molecule has 0 saturated heterocycles. The summed E-state index contributed by atoms with van der Waals surface area (Å²) in [4.78, 5) is 11.8. The normalized spacial score (nSPS) is 10.5. The van der Waals surface area contributed by atoms with Gasteiger partial charge in [-0.1, -0.05) is 42.5 Å². The monoisotopic (exact) mass is 356 g/mol. The summed E-state index contributed by atoms with van der Waals surface area (Å²) in [5.74, 6) is -0.834. The molecule has 0 spiro atoms. The maximum absolute atomic E-state index is 11.8. The summed E-state index contributed by atoms with van der Waals surface area (Å²) < 4.78 is 0. The zero-order valence-corrected chi connectivity index (χ0v) is 16.1. The molecule has 0 aromatic heterocycles. The average molecular weight is 356 g/mol. The van der Waals surface area contributed by atoms with Crippen LogP contribution in [0, 0.1) is 0 Å². The minimum atomic E-state index is -0.641. The number of para-hydroxylation sites is 1. The molecule has 0 bridgehead atoms. The van der Waals surface area contributed by atoms with Gasteiger partial charge < -0.3 is 15.9 Å². The molecule has 1 radical (unpaired) electrons. The molecule has 0 aliphatic rings. The van der Waals surface area contributed by atoms with Crippen LogP contribution in [0.4, 0.5) is 11.4 Å². The molecule has 0 aliphatic heterocycles. The van der Waals surface area contributed by atoms with E-state index in [0.717, 1.165) is 0 Å². The van der Waals surface area contributed by atoms with Crippen molar-refractivity contribution in [2.75, 3.05) is 0 Å². The van der Waals surface area contributed by atoms with Crippen LogP contribution in [0.1, 0.15) is 10.4 Å². The third kappa shape index (κ3) is 4.11. The number of hydrogen-bond donors (Lipinski definition) is 3. The number of azo groups is 1. The Morgan fingerprint density at radius 3 is 2.12 bits per heavy atom.